The first-order chi connectivity index (χ1) is 16.3. The van der Waals surface area contributed by atoms with Gasteiger partial charge in [0.15, 0.2) is 16.5 Å². The Morgan fingerprint density at radius 3 is 2.53 bits per heavy atom. The molecule has 0 spiro atoms. The second kappa shape index (κ2) is 9.03. The Balaban J connectivity index is 1.52. The molecule has 0 N–H and O–H groups in total. The first-order valence-electron chi connectivity index (χ1n) is 10.8. The van der Waals surface area contributed by atoms with E-state index in [1.54, 1.807) is 11.5 Å². The first-order valence-corrected chi connectivity index (χ1v) is 12.7. The van der Waals surface area contributed by atoms with E-state index in [1.807, 2.05) is 30.3 Å². The smallest absolute Gasteiger partial charge is 0.274 e. The Hall–Kier alpha value is -2.91. The number of ether oxygens (including phenoxy) is 2. The summed E-state index contributed by atoms with van der Waals surface area (Å²) in [6.07, 6.45) is 1.89. The topological polar surface area (TPSA) is 52.8 Å². The van der Waals surface area contributed by atoms with Gasteiger partial charge in [0.1, 0.15) is 6.61 Å². The number of aryl methyl sites for hydroxylation is 3. The molecule has 0 aliphatic rings. The molecule has 0 fully saturated rings. The second-order valence-corrected chi connectivity index (χ2v) is 10.6. The maximum Gasteiger partial charge on any atom is 0.274 e. The Kier molecular flexibility index (Phi) is 6.07. The van der Waals surface area contributed by atoms with E-state index in [0.717, 1.165) is 31.3 Å². The van der Waals surface area contributed by atoms with Crippen LogP contribution in [-0.4, -0.2) is 16.5 Å². The minimum atomic E-state index is -0.0561. The van der Waals surface area contributed by atoms with E-state index in [9.17, 15) is 4.79 Å². The van der Waals surface area contributed by atoms with Crippen molar-refractivity contribution in [3.05, 3.63) is 94.8 Å². The number of aromatic nitrogens is 2. The number of methoxy groups -OCH3 is 1. The summed E-state index contributed by atoms with van der Waals surface area (Å²) in [4.78, 5) is 18.6. The van der Waals surface area contributed by atoms with Crippen LogP contribution in [0.5, 0.6) is 11.5 Å². The maximum absolute atomic E-state index is 13.2. The number of benzene rings is 3. The molecular weight excluding hydrogens is 559 g/mol. The minimum absolute atomic E-state index is 0.0561. The summed E-state index contributed by atoms with van der Waals surface area (Å²) in [7, 11) is 1.63. The quantitative estimate of drug-likeness (QED) is 0.254. The van der Waals surface area contributed by atoms with Crippen molar-refractivity contribution < 1.29 is 9.47 Å². The summed E-state index contributed by atoms with van der Waals surface area (Å²) in [5, 5.41) is 0. The van der Waals surface area contributed by atoms with E-state index < -0.39 is 0 Å². The van der Waals surface area contributed by atoms with Gasteiger partial charge in [-0.25, -0.2) is 9.38 Å². The standard InChI is InChI=1S/C27H23IN2O3S/c1-15-5-7-18(8-6-15)14-33-25-20(28)11-19(12-23(25)32-4)13-24-26(31)30-22-10-17(3)16(2)9-21(22)29-27(30)34-24/h5-13H,14H2,1-4H3/b24-13-. The number of rotatable bonds is 5. The molecule has 3 aromatic carbocycles. The Morgan fingerprint density at radius 2 is 1.79 bits per heavy atom. The predicted octanol–water partition coefficient (Wildman–Crippen LogP) is 5.57. The fourth-order valence-corrected chi connectivity index (χ4v) is 5.64. The lowest BCUT2D eigenvalue weighted by molar-refractivity contribution is 0.282. The average molecular weight is 582 g/mol. The van der Waals surface area contributed by atoms with Crippen molar-refractivity contribution in [3.8, 4) is 11.5 Å². The Bertz CT molecular complexity index is 1650. The third-order valence-corrected chi connectivity index (χ3v) is 7.68. The Morgan fingerprint density at radius 1 is 1.06 bits per heavy atom. The van der Waals surface area contributed by atoms with Crippen LogP contribution in [-0.2, 0) is 6.61 Å². The van der Waals surface area contributed by atoms with Crippen LogP contribution in [0.2, 0.25) is 0 Å². The van der Waals surface area contributed by atoms with Crippen molar-refractivity contribution in [1.82, 2.24) is 9.38 Å². The van der Waals surface area contributed by atoms with Crippen LogP contribution in [0.3, 0.4) is 0 Å². The molecule has 0 amide bonds. The zero-order valence-corrected chi connectivity index (χ0v) is 22.3. The molecule has 0 bridgehead atoms. The first kappa shape index (κ1) is 22.9. The highest BCUT2D eigenvalue weighted by Gasteiger charge is 2.14. The van der Waals surface area contributed by atoms with Crippen LogP contribution in [0.15, 0.2) is 53.3 Å². The van der Waals surface area contributed by atoms with Gasteiger partial charge in [-0.3, -0.25) is 4.79 Å². The molecule has 5 rings (SSSR count). The van der Waals surface area contributed by atoms with Crippen molar-refractivity contribution in [3.63, 3.8) is 0 Å². The molecule has 0 radical (unpaired) electrons. The van der Waals surface area contributed by atoms with Gasteiger partial charge in [-0.15, -0.1) is 0 Å². The molecule has 5 nitrogen and oxygen atoms in total. The summed E-state index contributed by atoms with van der Waals surface area (Å²) >= 11 is 3.65. The predicted molar refractivity (Wildman–Crippen MR) is 146 cm³/mol. The van der Waals surface area contributed by atoms with Crippen molar-refractivity contribution >= 4 is 56.0 Å². The summed E-state index contributed by atoms with van der Waals surface area (Å²) in [5.74, 6) is 1.33. The van der Waals surface area contributed by atoms with E-state index in [0.29, 0.717) is 27.6 Å². The highest BCUT2D eigenvalue weighted by Crippen LogP contribution is 2.35. The van der Waals surface area contributed by atoms with Crippen molar-refractivity contribution in [2.45, 2.75) is 27.4 Å². The maximum atomic E-state index is 13.2. The number of thiazole rings is 1. The highest BCUT2D eigenvalue weighted by atomic mass is 127. The fraction of sp³-hybridized carbons (Fsp3) is 0.185. The zero-order chi connectivity index (χ0) is 24.0. The fourth-order valence-electron chi connectivity index (χ4n) is 3.87. The van der Waals surface area contributed by atoms with Crippen LogP contribution in [0.1, 0.15) is 27.8 Å². The average Bonchev–Trinajstić information content (AvgIpc) is 3.29. The van der Waals surface area contributed by atoms with Crippen molar-refractivity contribution in [2.24, 2.45) is 0 Å². The Labute approximate surface area is 214 Å². The van der Waals surface area contributed by atoms with Crippen molar-refractivity contribution in [2.75, 3.05) is 7.11 Å². The molecule has 172 valence electrons. The summed E-state index contributed by atoms with van der Waals surface area (Å²) in [5.41, 5.74) is 7.15. The lowest BCUT2D eigenvalue weighted by Crippen LogP contribution is -2.22. The molecule has 0 saturated heterocycles. The van der Waals surface area contributed by atoms with Gasteiger partial charge in [0, 0.05) is 0 Å². The van der Waals surface area contributed by atoms with Gasteiger partial charge in [0.05, 0.1) is 26.2 Å². The van der Waals surface area contributed by atoms with E-state index >= 15 is 0 Å². The minimum Gasteiger partial charge on any atom is -0.493 e. The third-order valence-electron chi connectivity index (χ3n) is 5.91. The van der Waals surface area contributed by atoms with Crippen LogP contribution in [0.25, 0.3) is 22.1 Å². The van der Waals surface area contributed by atoms with Gasteiger partial charge in [-0.1, -0.05) is 41.2 Å². The number of imidazole rings is 1. The molecule has 0 aliphatic carbocycles. The molecule has 2 heterocycles. The normalized spacial score (nSPS) is 12.1. The van der Waals surface area contributed by atoms with Crippen LogP contribution in [0.4, 0.5) is 0 Å². The van der Waals surface area contributed by atoms with E-state index in [2.05, 4.69) is 72.6 Å². The molecule has 0 saturated carbocycles. The van der Waals surface area contributed by atoms with Crippen LogP contribution >= 0.6 is 33.9 Å². The highest BCUT2D eigenvalue weighted by molar-refractivity contribution is 14.1. The van der Waals surface area contributed by atoms with Gasteiger partial charge in [0.2, 0.25) is 0 Å². The molecule has 0 atom stereocenters. The summed E-state index contributed by atoms with van der Waals surface area (Å²) in [6.45, 7) is 6.63. The van der Waals surface area contributed by atoms with E-state index in [1.165, 1.54) is 22.5 Å². The van der Waals surface area contributed by atoms with Gasteiger partial charge in [-0.05, 0) is 96.0 Å². The number of hydrogen-bond acceptors (Lipinski definition) is 5. The zero-order valence-electron chi connectivity index (χ0n) is 19.3. The second-order valence-electron chi connectivity index (χ2n) is 8.38. The lowest BCUT2D eigenvalue weighted by atomic mass is 10.1. The van der Waals surface area contributed by atoms with Crippen LogP contribution < -0.4 is 19.6 Å². The third kappa shape index (κ3) is 4.18. The van der Waals surface area contributed by atoms with Crippen LogP contribution in [0, 0.1) is 24.3 Å². The summed E-state index contributed by atoms with van der Waals surface area (Å²) < 4.78 is 15.0. The molecule has 7 heteroatoms. The van der Waals surface area contributed by atoms with Gasteiger partial charge in [-0.2, -0.15) is 0 Å². The number of halogens is 1. The lowest BCUT2D eigenvalue weighted by Gasteiger charge is -2.13. The van der Waals surface area contributed by atoms with Gasteiger partial charge in [0.25, 0.3) is 5.56 Å². The SMILES string of the molecule is COc1cc(/C=c2\sc3nc4cc(C)c(C)cc4n3c2=O)cc(I)c1OCc1ccc(C)cc1. The molecule has 34 heavy (non-hydrogen) atoms. The number of nitrogens with zero attached hydrogens (tertiary/aromatic N) is 2. The van der Waals surface area contributed by atoms with Gasteiger partial charge >= 0.3 is 0 Å². The monoisotopic (exact) mass is 582 g/mol. The molecule has 0 unspecified atom stereocenters. The van der Waals surface area contributed by atoms with Gasteiger partial charge < -0.3 is 9.47 Å². The molecule has 0 aliphatic heterocycles. The summed E-state index contributed by atoms with van der Waals surface area (Å²) in [6, 6.07) is 16.2. The molecule has 5 aromatic rings. The van der Waals surface area contributed by atoms with E-state index in [4.69, 9.17) is 9.47 Å². The number of fused-ring (bicyclic) bond motifs is 3. The molecule has 2 aromatic heterocycles. The largest absolute Gasteiger partial charge is 0.493 e. The van der Waals surface area contributed by atoms with Crippen molar-refractivity contribution in [1.29, 1.82) is 0 Å². The van der Waals surface area contributed by atoms with E-state index in [-0.39, 0.29) is 5.56 Å². The molecular formula is C27H23IN2O3S. The number of hydrogen-bond donors (Lipinski definition) is 0.